The summed E-state index contributed by atoms with van der Waals surface area (Å²) in [6, 6.07) is 12.7. The zero-order valence-corrected chi connectivity index (χ0v) is 17.5. The molecule has 0 bridgehead atoms. The van der Waals surface area contributed by atoms with E-state index in [1.165, 1.54) is 0 Å². The van der Waals surface area contributed by atoms with E-state index in [9.17, 15) is 9.59 Å². The minimum Gasteiger partial charge on any atom is -0.379 e. The Morgan fingerprint density at radius 3 is 2.77 bits per heavy atom. The second-order valence-corrected chi connectivity index (χ2v) is 7.63. The number of nitrogens with zero attached hydrogens (tertiary/aromatic N) is 3. The first-order valence-electron chi connectivity index (χ1n) is 9.96. The number of morpholine rings is 1. The molecule has 1 aromatic heterocycles. The highest BCUT2D eigenvalue weighted by molar-refractivity contribution is 6.31. The Bertz CT molecular complexity index is 1140. The van der Waals surface area contributed by atoms with Crippen molar-refractivity contribution in [3.63, 3.8) is 0 Å². The van der Waals surface area contributed by atoms with Gasteiger partial charge in [-0.25, -0.2) is 0 Å². The fourth-order valence-electron chi connectivity index (χ4n) is 3.61. The second-order valence-electron chi connectivity index (χ2n) is 7.20. The molecule has 4 rings (SSSR count). The number of hydrogen-bond donors (Lipinski definition) is 1. The lowest BCUT2D eigenvalue weighted by Crippen LogP contribution is -2.35. The first-order valence-corrected chi connectivity index (χ1v) is 10.3. The maximum atomic E-state index is 12.9. The van der Waals surface area contributed by atoms with Crippen LogP contribution in [0.2, 0.25) is 5.02 Å². The smallest absolute Gasteiger partial charge is 0.280 e. The summed E-state index contributed by atoms with van der Waals surface area (Å²) < 4.78 is 7.02. The minimum atomic E-state index is -0.535. The van der Waals surface area contributed by atoms with Crippen molar-refractivity contribution < 1.29 is 9.53 Å². The van der Waals surface area contributed by atoms with Crippen molar-refractivity contribution in [1.82, 2.24) is 14.7 Å². The molecule has 2 heterocycles. The molecule has 0 unspecified atom stereocenters. The Balaban J connectivity index is 1.59. The Hall–Kier alpha value is -2.74. The third kappa shape index (κ3) is 4.38. The van der Waals surface area contributed by atoms with E-state index in [2.05, 4.69) is 15.3 Å². The van der Waals surface area contributed by atoms with Crippen molar-refractivity contribution in [1.29, 1.82) is 0 Å². The molecule has 1 amide bonds. The number of ether oxygens (including phenoxy) is 1. The lowest BCUT2D eigenvalue weighted by Gasteiger charge is -2.26. The van der Waals surface area contributed by atoms with Crippen LogP contribution in [-0.2, 0) is 17.8 Å². The van der Waals surface area contributed by atoms with Crippen LogP contribution in [0.5, 0.6) is 0 Å². The molecule has 1 fully saturated rings. The predicted octanol–water partition coefficient (Wildman–Crippen LogP) is 3.15. The van der Waals surface area contributed by atoms with Gasteiger partial charge in [-0.05, 0) is 42.8 Å². The predicted molar refractivity (Wildman–Crippen MR) is 117 cm³/mol. The summed E-state index contributed by atoms with van der Waals surface area (Å²) in [4.78, 5) is 28.1. The average Bonchev–Trinajstić information content (AvgIpc) is 2.75. The van der Waals surface area contributed by atoms with Crippen molar-refractivity contribution in [2.45, 2.75) is 20.0 Å². The van der Waals surface area contributed by atoms with E-state index in [0.29, 0.717) is 28.2 Å². The van der Waals surface area contributed by atoms with Gasteiger partial charge in [-0.15, -0.1) is 0 Å². The van der Waals surface area contributed by atoms with Gasteiger partial charge in [-0.2, -0.15) is 5.10 Å². The summed E-state index contributed by atoms with van der Waals surface area (Å²) in [6.45, 7) is 6.45. The molecule has 1 saturated heterocycles. The molecular weight excluding hydrogens is 404 g/mol. The van der Waals surface area contributed by atoms with Crippen molar-refractivity contribution in [3.8, 4) is 0 Å². The van der Waals surface area contributed by atoms with Gasteiger partial charge in [0.1, 0.15) is 0 Å². The lowest BCUT2D eigenvalue weighted by molar-refractivity contribution is 0.0342. The quantitative estimate of drug-likeness (QED) is 0.678. The van der Waals surface area contributed by atoms with Gasteiger partial charge in [0.05, 0.1) is 24.1 Å². The van der Waals surface area contributed by atoms with E-state index >= 15 is 0 Å². The van der Waals surface area contributed by atoms with Crippen molar-refractivity contribution in [3.05, 3.63) is 69.0 Å². The van der Waals surface area contributed by atoms with E-state index in [0.717, 1.165) is 38.4 Å². The van der Waals surface area contributed by atoms with Crippen LogP contribution in [0, 0.1) is 0 Å². The fraction of sp³-hybridized carbons (Fsp3) is 0.318. The number of carbonyl (C=O) groups is 1. The van der Waals surface area contributed by atoms with Gasteiger partial charge in [0.25, 0.3) is 5.91 Å². The summed E-state index contributed by atoms with van der Waals surface area (Å²) in [6.07, 6.45) is 0. The highest BCUT2D eigenvalue weighted by Gasteiger charge is 2.18. The average molecular weight is 427 g/mol. The normalized spacial score (nSPS) is 14.7. The number of benzene rings is 2. The van der Waals surface area contributed by atoms with Crippen LogP contribution in [0.1, 0.15) is 23.0 Å². The van der Waals surface area contributed by atoms with Crippen LogP contribution in [0.25, 0.3) is 10.9 Å². The van der Waals surface area contributed by atoms with E-state index in [1.54, 1.807) is 28.9 Å². The van der Waals surface area contributed by atoms with Crippen molar-refractivity contribution >= 4 is 34.1 Å². The highest BCUT2D eigenvalue weighted by atomic mass is 35.5. The minimum absolute atomic E-state index is 0.148. The van der Waals surface area contributed by atoms with Gasteiger partial charge < -0.3 is 10.1 Å². The number of nitrogens with one attached hydrogen (secondary N) is 1. The monoisotopic (exact) mass is 426 g/mol. The van der Waals surface area contributed by atoms with Crippen LogP contribution >= 0.6 is 11.6 Å². The van der Waals surface area contributed by atoms with Crippen LogP contribution in [0.4, 0.5) is 5.69 Å². The Kier molecular flexibility index (Phi) is 6.13. The molecule has 1 N–H and O–H groups in total. The largest absolute Gasteiger partial charge is 0.379 e. The number of halogens is 1. The topological polar surface area (TPSA) is 76.5 Å². The van der Waals surface area contributed by atoms with E-state index < -0.39 is 11.3 Å². The summed E-state index contributed by atoms with van der Waals surface area (Å²) in [7, 11) is 0. The summed E-state index contributed by atoms with van der Waals surface area (Å²) in [5.41, 5.74) is 1.78. The first-order chi connectivity index (χ1) is 14.5. The fourth-order valence-corrected chi connectivity index (χ4v) is 3.78. The maximum absolute atomic E-state index is 12.9. The van der Waals surface area contributed by atoms with Crippen molar-refractivity contribution in [2.24, 2.45) is 0 Å². The van der Waals surface area contributed by atoms with Gasteiger partial charge in [0, 0.05) is 36.9 Å². The highest BCUT2D eigenvalue weighted by Crippen LogP contribution is 2.18. The van der Waals surface area contributed by atoms with Crippen LogP contribution in [0.3, 0.4) is 0 Å². The number of rotatable bonds is 5. The number of aryl methyl sites for hydroxylation is 1. The molecule has 3 aromatic rings. The van der Waals surface area contributed by atoms with Gasteiger partial charge in [0.2, 0.25) is 5.43 Å². The number of aromatic nitrogens is 2. The van der Waals surface area contributed by atoms with Gasteiger partial charge in [-0.3, -0.25) is 19.2 Å². The SMILES string of the molecule is CCn1nc(C(=O)Nc2cccc(CN3CCOCC3)c2)c(=O)c2cc(Cl)ccc21. The number of amides is 1. The molecule has 0 aliphatic carbocycles. The Morgan fingerprint density at radius 2 is 2.00 bits per heavy atom. The zero-order valence-electron chi connectivity index (χ0n) is 16.7. The van der Waals surface area contributed by atoms with Gasteiger partial charge in [0.15, 0.2) is 5.69 Å². The van der Waals surface area contributed by atoms with E-state index in [-0.39, 0.29) is 5.69 Å². The molecular formula is C22H23ClN4O3. The maximum Gasteiger partial charge on any atom is 0.280 e. The molecule has 8 heteroatoms. The van der Waals surface area contributed by atoms with Crippen LogP contribution in [0.15, 0.2) is 47.3 Å². The third-order valence-electron chi connectivity index (χ3n) is 5.13. The molecule has 0 saturated carbocycles. The molecule has 0 atom stereocenters. The molecule has 30 heavy (non-hydrogen) atoms. The molecule has 2 aromatic carbocycles. The standard InChI is InChI=1S/C22H23ClN4O3/c1-2-27-19-7-6-16(23)13-18(19)21(28)20(25-27)22(29)24-17-5-3-4-15(12-17)14-26-8-10-30-11-9-26/h3-7,12-13H,2,8-11,14H2,1H3,(H,24,29). The van der Waals surface area contributed by atoms with Gasteiger partial charge in [-0.1, -0.05) is 23.7 Å². The van der Waals surface area contributed by atoms with Crippen LogP contribution in [-0.4, -0.2) is 46.9 Å². The van der Waals surface area contributed by atoms with Crippen molar-refractivity contribution in [2.75, 3.05) is 31.6 Å². The number of carbonyl (C=O) groups excluding carboxylic acids is 1. The summed E-state index contributed by atoms with van der Waals surface area (Å²) in [5, 5.41) is 7.92. The first kappa shape index (κ1) is 20.5. The lowest BCUT2D eigenvalue weighted by atomic mass is 10.1. The molecule has 0 spiro atoms. The van der Waals surface area contributed by atoms with E-state index in [1.807, 2.05) is 25.1 Å². The number of hydrogen-bond acceptors (Lipinski definition) is 5. The Morgan fingerprint density at radius 1 is 1.20 bits per heavy atom. The number of fused-ring (bicyclic) bond motifs is 1. The second kappa shape index (κ2) is 8.95. The van der Waals surface area contributed by atoms with E-state index in [4.69, 9.17) is 16.3 Å². The molecule has 1 aliphatic rings. The summed E-state index contributed by atoms with van der Waals surface area (Å²) >= 11 is 6.06. The third-order valence-corrected chi connectivity index (χ3v) is 5.36. The zero-order chi connectivity index (χ0) is 21.1. The molecule has 1 aliphatic heterocycles. The summed E-state index contributed by atoms with van der Waals surface area (Å²) in [5.74, 6) is -0.535. The molecule has 156 valence electrons. The van der Waals surface area contributed by atoms with Crippen LogP contribution < -0.4 is 10.7 Å². The molecule has 7 nitrogen and oxygen atoms in total. The Labute approximate surface area is 179 Å². The van der Waals surface area contributed by atoms with Gasteiger partial charge >= 0.3 is 0 Å². The number of anilines is 1. The molecule has 0 radical (unpaired) electrons.